The van der Waals surface area contributed by atoms with Gasteiger partial charge in [0.1, 0.15) is 0 Å². The van der Waals surface area contributed by atoms with Gasteiger partial charge in [0.25, 0.3) is 5.91 Å². The zero-order valence-electron chi connectivity index (χ0n) is 11.3. The van der Waals surface area contributed by atoms with E-state index in [4.69, 9.17) is 5.11 Å². The molecule has 4 heteroatoms. The number of aliphatic hydroxyl groups is 1. The summed E-state index contributed by atoms with van der Waals surface area (Å²) in [5.41, 5.74) is 3.40. The van der Waals surface area contributed by atoms with Crippen molar-refractivity contribution in [3.8, 4) is 0 Å². The summed E-state index contributed by atoms with van der Waals surface area (Å²) in [6, 6.07) is 14.8. The molecule has 1 amide bonds. The van der Waals surface area contributed by atoms with Gasteiger partial charge < -0.3 is 10.4 Å². The average Bonchev–Trinajstić information content (AvgIpc) is 2.49. The number of hydrogen-bond donors (Lipinski definition) is 2. The molecule has 0 unspecified atom stereocenters. The summed E-state index contributed by atoms with van der Waals surface area (Å²) >= 11 is 1.75. The fourth-order valence-electron chi connectivity index (χ4n) is 1.82. The number of hydrogen-bond acceptors (Lipinski definition) is 3. The molecule has 0 fully saturated rings. The first kappa shape index (κ1) is 14.6. The Kier molecular flexibility index (Phi) is 5.21. The van der Waals surface area contributed by atoms with E-state index in [0.29, 0.717) is 5.56 Å². The van der Waals surface area contributed by atoms with Crippen molar-refractivity contribution >= 4 is 23.4 Å². The van der Waals surface area contributed by atoms with Crippen LogP contribution in [-0.2, 0) is 12.4 Å². The quantitative estimate of drug-likeness (QED) is 0.887. The average molecular weight is 287 g/mol. The van der Waals surface area contributed by atoms with Gasteiger partial charge in [-0.3, -0.25) is 4.79 Å². The van der Waals surface area contributed by atoms with Gasteiger partial charge in [-0.15, -0.1) is 0 Å². The second-order valence-electron chi connectivity index (χ2n) is 4.44. The molecule has 0 aliphatic carbocycles. The van der Waals surface area contributed by atoms with Crippen molar-refractivity contribution in [3.05, 3.63) is 65.2 Å². The smallest absolute Gasteiger partial charge is 0.255 e. The molecule has 2 rings (SSSR count). The lowest BCUT2D eigenvalue weighted by molar-refractivity contribution is 0.102. The Morgan fingerprint density at radius 1 is 1.05 bits per heavy atom. The maximum Gasteiger partial charge on any atom is 0.255 e. The number of carbonyl (C=O) groups excluding carboxylic acids is 1. The SMILES string of the molecule is CSCc1ccc(C(=O)Nc2ccc(CO)cc2)cc1. The Morgan fingerprint density at radius 2 is 1.65 bits per heavy atom. The molecule has 0 bridgehead atoms. The highest BCUT2D eigenvalue weighted by Gasteiger charge is 2.05. The molecule has 0 aromatic heterocycles. The molecule has 0 aliphatic rings. The fourth-order valence-corrected chi connectivity index (χ4v) is 2.34. The summed E-state index contributed by atoms with van der Waals surface area (Å²) in [6.07, 6.45) is 2.05. The minimum atomic E-state index is -0.127. The first-order chi connectivity index (χ1) is 9.72. The van der Waals surface area contributed by atoms with Crippen molar-refractivity contribution in [1.29, 1.82) is 0 Å². The highest BCUT2D eigenvalue weighted by molar-refractivity contribution is 7.97. The van der Waals surface area contributed by atoms with Gasteiger partial charge in [0.15, 0.2) is 0 Å². The van der Waals surface area contributed by atoms with Crippen molar-refractivity contribution < 1.29 is 9.90 Å². The van der Waals surface area contributed by atoms with Gasteiger partial charge in [-0.1, -0.05) is 24.3 Å². The second-order valence-corrected chi connectivity index (χ2v) is 5.31. The number of thioether (sulfide) groups is 1. The van der Waals surface area contributed by atoms with E-state index >= 15 is 0 Å². The van der Waals surface area contributed by atoms with Crippen LogP contribution in [0.3, 0.4) is 0 Å². The van der Waals surface area contributed by atoms with E-state index in [0.717, 1.165) is 17.0 Å². The van der Waals surface area contributed by atoms with E-state index in [1.165, 1.54) is 5.56 Å². The predicted molar refractivity (Wildman–Crippen MR) is 84.0 cm³/mol. The van der Waals surface area contributed by atoms with Crippen molar-refractivity contribution in [2.75, 3.05) is 11.6 Å². The molecule has 0 heterocycles. The molecule has 0 aliphatic heterocycles. The zero-order chi connectivity index (χ0) is 14.4. The highest BCUT2D eigenvalue weighted by Crippen LogP contribution is 2.14. The Labute approximate surface area is 123 Å². The summed E-state index contributed by atoms with van der Waals surface area (Å²) in [7, 11) is 0. The third-order valence-corrected chi connectivity index (χ3v) is 3.54. The monoisotopic (exact) mass is 287 g/mol. The standard InChI is InChI=1S/C16H17NO2S/c1-20-11-13-2-6-14(7-3-13)16(19)17-15-8-4-12(10-18)5-9-15/h2-9,18H,10-11H2,1H3,(H,17,19). The van der Waals surface area contributed by atoms with Gasteiger partial charge >= 0.3 is 0 Å². The third-order valence-electron chi connectivity index (χ3n) is 2.92. The molecular formula is C16H17NO2S. The maximum absolute atomic E-state index is 12.1. The van der Waals surface area contributed by atoms with Crippen LogP contribution in [0.1, 0.15) is 21.5 Å². The topological polar surface area (TPSA) is 49.3 Å². The van der Waals surface area contributed by atoms with Crippen LogP contribution in [0.25, 0.3) is 0 Å². The van der Waals surface area contributed by atoms with Crippen molar-refractivity contribution in [2.45, 2.75) is 12.4 Å². The lowest BCUT2D eigenvalue weighted by atomic mass is 10.1. The molecule has 0 spiro atoms. The van der Waals surface area contributed by atoms with E-state index in [1.807, 2.05) is 24.3 Å². The summed E-state index contributed by atoms with van der Waals surface area (Å²) in [6.45, 7) is 0.00509. The third kappa shape index (κ3) is 3.85. The number of amides is 1. The molecule has 2 N–H and O–H groups in total. The highest BCUT2D eigenvalue weighted by atomic mass is 32.2. The van der Waals surface area contributed by atoms with Gasteiger partial charge in [0, 0.05) is 17.0 Å². The van der Waals surface area contributed by atoms with Crippen LogP contribution in [0.5, 0.6) is 0 Å². The molecule has 3 nitrogen and oxygen atoms in total. The van der Waals surface area contributed by atoms with Gasteiger partial charge in [-0.25, -0.2) is 0 Å². The first-order valence-corrected chi connectivity index (χ1v) is 7.71. The van der Waals surface area contributed by atoms with Crippen molar-refractivity contribution in [2.24, 2.45) is 0 Å². The summed E-state index contributed by atoms with van der Waals surface area (Å²) in [4.78, 5) is 12.1. The Morgan fingerprint density at radius 3 is 2.20 bits per heavy atom. The van der Waals surface area contributed by atoms with Gasteiger partial charge in [0.2, 0.25) is 0 Å². The second kappa shape index (κ2) is 7.12. The number of carbonyl (C=O) groups is 1. The predicted octanol–water partition coefficient (Wildman–Crippen LogP) is 3.29. The van der Waals surface area contributed by atoms with E-state index < -0.39 is 0 Å². The molecule has 0 atom stereocenters. The zero-order valence-corrected chi connectivity index (χ0v) is 12.1. The van der Waals surface area contributed by atoms with Crippen LogP contribution in [0.4, 0.5) is 5.69 Å². The lowest BCUT2D eigenvalue weighted by Crippen LogP contribution is -2.11. The normalized spacial score (nSPS) is 10.3. The van der Waals surface area contributed by atoms with Gasteiger partial charge in [-0.05, 0) is 41.6 Å². The van der Waals surface area contributed by atoms with Crippen molar-refractivity contribution in [3.63, 3.8) is 0 Å². The van der Waals surface area contributed by atoms with Crippen LogP contribution in [0.15, 0.2) is 48.5 Å². The van der Waals surface area contributed by atoms with Gasteiger partial charge in [0.05, 0.1) is 6.61 Å². The van der Waals surface area contributed by atoms with E-state index in [-0.39, 0.29) is 12.5 Å². The van der Waals surface area contributed by atoms with E-state index in [1.54, 1.807) is 36.0 Å². The number of nitrogens with one attached hydrogen (secondary N) is 1. The van der Waals surface area contributed by atoms with Crippen LogP contribution >= 0.6 is 11.8 Å². The largest absolute Gasteiger partial charge is 0.392 e. The Hall–Kier alpha value is -1.78. The number of anilines is 1. The molecule has 0 radical (unpaired) electrons. The summed E-state index contributed by atoms with van der Waals surface area (Å²) in [5.74, 6) is 0.822. The Balaban J connectivity index is 2.03. The first-order valence-electron chi connectivity index (χ1n) is 6.32. The number of rotatable bonds is 5. The summed E-state index contributed by atoms with van der Waals surface area (Å²) in [5, 5.41) is 11.8. The molecule has 104 valence electrons. The molecule has 20 heavy (non-hydrogen) atoms. The van der Waals surface area contributed by atoms with E-state index in [2.05, 4.69) is 11.6 Å². The molecular weight excluding hydrogens is 270 g/mol. The molecule has 2 aromatic carbocycles. The van der Waals surface area contributed by atoms with Crippen LogP contribution in [0.2, 0.25) is 0 Å². The minimum Gasteiger partial charge on any atom is -0.392 e. The van der Waals surface area contributed by atoms with Crippen LogP contribution < -0.4 is 5.32 Å². The van der Waals surface area contributed by atoms with Crippen molar-refractivity contribution in [1.82, 2.24) is 0 Å². The van der Waals surface area contributed by atoms with Gasteiger partial charge in [-0.2, -0.15) is 11.8 Å². The number of aliphatic hydroxyl groups excluding tert-OH is 1. The maximum atomic E-state index is 12.1. The molecule has 2 aromatic rings. The number of benzene rings is 2. The minimum absolute atomic E-state index is 0.00509. The Bertz CT molecular complexity index is 564. The van der Waals surface area contributed by atoms with Crippen LogP contribution in [0, 0.1) is 0 Å². The lowest BCUT2D eigenvalue weighted by Gasteiger charge is -2.06. The summed E-state index contributed by atoms with van der Waals surface area (Å²) < 4.78 is 0. The fraction of sp³-hybridized carbons (Fsp3) is 0.188. The van der Waals surface area contributed by atoms with Crippen LogP contribution in [-0.4, -0.2) is 17.3 Å². The molecule has 0 saturated carbocycles. The van der Waals surface area contributed by atoms with E-state index in [9.17, 15) is 4.79 Å². The molecule has 0 saturated heterocycles.